The van der Waals surface area contributed by atoms with E-state index in [0.717, 1.165) is 52.7 Å². The summed E-state index contributed by atoms with van der Waals surface area (Å²) in [5, 5.41) is 5.75. The second-order valence-electron chi connectivity index (χ2n) is 6.76. The first-order valence-electron chi connectivity index (χ1n) is 8.57. The van der Waals surface area contributed by atoms with Crippen LogP contribution in [0.5, 0.6) is 0 Å². The van der Waals surface area contributed by atoms with Crippen molar-refractivity contribution in [2.24, 2.45) is 0 Å². The SMILES string of the molecule is Cc1cccc(-n2nc(C)c3cc(C(=O)N4CCN(C)CC4)sc32)c1. The van der Waals surface area contributed by atoms with E-state index in [9.17, 15) is 4.79 Å². The molecule has 0 unspecified atom stereocenters. The number of carbonyl (C=O) groups is 1. The predicted octanol–water partition coefficient (Wildman–Crippen LogP) is 3.09. The zero-order chi connectivity index (χ0) is 17.6. The lowest BCUT2D eigenvalue weighted by Crippen LogP contribution is -2.46. The molecule has 2 aromatic heterocycles. The van der Waals surface area contributed by atoms with Gasteiger partial charge in [-0.1, -0.05) is 12.1 Å². The number of amides is 1. The predicted molar refractivity (Wildman–Crippen MR) is 102 cm³/mol. The third kappa shape index (κ3) is 2.96. The van der Waals surface area contributed by atoms with E-state index in [1.165, 1.54) is 5.56 Å². The lowest BCUT2D eigenvalue weighted by molar-refractivity contribution is 0.0669. The summed E-state index contributed by atoms with van der Waals surface area (Å²) in [5.74, 6) is 0.143. The Morgan fingerprint density at radius 3 is 2.60 bits per heavy atom. The zero-order valence-corrected chi connectivity index (χ0v) is 15.6. The Bertz CT molecular complexity index is 934. The second kappa shape index (κ2) is 6.28. The fraction of sp³-hybridized carbons (Fsp3) is 0.368. The van der Waals surface area contributed by atoms with E-state index in [1.807, 2.05) is 28.6 Å². The van der Waals surface area contributed by atoms with Crippen molar-refractivity contribution in [2.75, 3.05) is 33.2 Å². The third-order valence-electron chi connectivity index (χ3n) is 4.79. The van der Waals surface area contributed by atoms with E-state index in [-0.39, 0.29) is 5.91 Å². The molecule has 0 N–H and O–H groups in total. The minimum absolute atomic E-state index is 0.143. The first kappa shape index (κ1) is 16.3. The summed E-state index contributed by atoms with van der Waals surface area (Å²) < 4.78 is 1.96. The van der Waals surface area contributed by atoms with Crippen LogP contribution >= 0.6 is 11.3 Å². The number of aromatic nitrogens is 2. The Hall–Kier alpha value is -2.18. The first-order valence-corrected chi connectivity index (χ1v) is 9.38. The fourth-order valence-corrected chi connectivity index (χ4v) is 4.40. The number of carbonyl (C=O) groups excluding carboxylic acids is 1. The lowest BCUT2D eigenvalue weighted by Gasteiger charge is -2.32. The van der Waals surface area contributed by atoms with Gasteiger partial charge < -0.3 is 9.80 Å². The molecule has 6 heteroatoms. The van der Waals surface area contributed by atoms with Gasteiger partial charge in [0.2, 0.25) is 0 Å². The molecule has 1 aliphatic rings. The van der Waals surface area contributed by atoms with Crippen LogP contribution < -0.4 is 0 Å². The van der Waals surface area contributed by atoms with Gasteiger partial charge in [0.1, 0.15) is 4.83 Å². The number of nitrogens with zero attached hydrogens (tertiary/aromatic N) is 4. The molecule has 1 aliphatic heterocycles. The monoisotopic (exact) mass is 354 g/mol. The van der Waals surface area contributed by atoms with Crippen LogP contribution in [0.2, 0.25) is 0 Å². The van der Waals surface area contributed by atoms with Gasteiger partial charge in [0.05, 0.1) is 16.3 Å². The molecule has 1 aromatic carbocycles. The number of piperazine rings is 1. The van der Waals surface area contributed by atoms with Crippen LogP contribution in [-0.2, 0) is 0 Å². The quantitative estimate of drug-likeness (QED) is 0.710. The van der Waals surface area contributed by atoms with E-state index in [2.05, 4.69) is 42.2 Å². The Morgan fingerprint density at radius 1 is 1.12 bits per heavy atom. The molecular formula is C19H22N4OS. The van der Waals surface area contributed by atoms with E-state index in [0.29, 0.717) is 0 Å². The molecule has 5 nitrogen and oxygen atoms in total. The number of hydrogen-bond acceptors (Lipinski definition) is 4. The van der Waals surface area contributed by atoms with Crippen LogP contribution in [0.1, 0.15) is 20.9 Å². The Labute approximate surface area is 151 Å². The van der Waals surface area contributed by atoms with Crippen molar-refractivity contribution in [1.82, 2.24) is 19.6 Å². The third-order valence-corrected chi connectivity index (χ3v) is 5.89. The Balaban J connectivity index is 1.71. The highest BCUT2D eigenvalue weighted by molar-refractivity contribution is 7.20. The van der Waals surface area contributed by atoms with Crippen LogP contribution in [-0.4, -0.2) is 58.7 Å². The Kier molecular flexibility index (Phi) is 4.09. The second-order valence-corrected chi connectivity index (χ2v) is 7.79. The summed E-state index contributed by atoms with van der Waals surface area (Å²) in [5.41, 5.74) is 3.20. The van der Waals surface area contributed by atoms with Gasteiger partial charge >= 0.3 is 0 Å². The van der Waals surface area contributed by atoms with Crippen molar-refractivity contribution in [3.05, 3.63) is 46.5 Å². The molecule has 0 saturated carbocycles. The number of hydrogen-bond donors (Lipinski definition) is 0. The molecule has 130 valence electrons. The molecular weight excluding hydrogens is 332 g/mol. The molecule has 0 atom stereocenters. The average molecular weight is 354 g/mol. The molecule has 0 radical (unpaired) electrons. The van der Waals surface area contributed by atoms with Crippen LogP contribution in [0.4, 0.5) is 0 Å². The normalized spacial score (nSPS) is 15.9. The largest absolute Gasteiger partial charge is 0.335 e. The molecule has 1 saturated heterocycles. The van der Waals surface area contributed by atoms with Crippen LogP contribution in [0.3, 0.4) is 0 Å². The summed E-state index contributed by atoms with van der Waals surface area (Å²) in [6.07, 6.45) is 0. The standard InChI is InChI=1S/C19H22N4OS/c1-13-5-4-6-15(11-13)23-19-16(14(2)20-23)12-17(25-19)18(24)22-9-7-21(3)8-10-22/h4-6,11-12H,7-10H2,1-3H3. The maximum absolute atomic E-state index is 12.9. The number of fused-ring (bicyclic) bond motifs is 1. The highest BCUT2D eigenvalue weighted by Gasteiger charge is 2.23. The van der Waals surface area contributed by atoms with Gasteiger partial charge in [-0.2, -0.15) is 5.10 Å². The van der Waals surface area contributed by atoms with Crippen LogP contribution in [0, 0.1) is 13.8 Å². The van der Waals surface area contributed by atoms with E-state index in [4.69, 9.17) is 0 Å². The summed E-state index contributed by atoms with van der Waals surface area (Å²) in [7, 11) is 2.10. The van der Waals surface area contributed by atoms with E-state index >= 15 is 0 Å². The molecule has 0 spiro atoms. The molecule has 3 heterocycles. The van der Waals surface area contributed by atoms with Crippen LogP contribution in [0.15, 0.2) is 30.3 Å². The zero-order valence-electron chi connectivity index (χ0n) is 14.8. The maximum atomic E-state index is 12.9. The van der Waals surface area contributed by atoms with Gasteiger partial charge in [-0.3, -0.25) is 4.79 Å². The summed E-state index contributed by atoms with van der Waals surface area (Å²) >= 11 is 1.54. The molecule has 1 amide bonds. The smallest absolute Gasteiger partial charge is 0.264 e. The summed E-state index contributed by atoms with van der Waals surface area (Å²) in [6, 6.07) is 10.3. The van der Waals surface area contributed by atoms with Gasteiger partial charge in [0.25, 0.3) is 5.91 Å². The highest BCUT2D eigenvalue weighted by atomic mass is 32.1. The summed E-state index contributed by atoms with van der Waals surface area (Å²) in [4.78, 5) is 18.9. The molecule has 0 aliphatic carbocycles. The fourth-order valence-electron chi connectivity index (χ4n) is 3.25. The number of benzene rings is 1. The number of rotatable bonds is 2. The highest BCUT2D eigenvalue weighted by Crippen LogP contribution is 2.31. The maximum Gasteiger partial charge on any atom is 0.264 e. The van der Waals surface area contributed by atoms with Crippen molar-refractivity contribution in [3.63, 3.8) is 0 Å². The molecule has 4 rings (SSSR count). The van der Waals surface area contributed by atoms with Crippen molar-refractivity contribution in [2.45, 2.75) is 13.8 Å². The number of likely N-dealkylation sites (N-methyl/N-ethyl adjacent to an activating group) is 1. The topological polar surface area (TPSA) is 41.4 Å². The minimum Gasteiger partial charge on any atom is -0.335 e. The van der Waals surface area contributed by atoms with Crippen molar-refractivity contribution >= 4 is 27.5 Å². The van der Waals surface area contributed by atoms with Gasteiger partial charge in [0, 0.05) is 31.6 Å². The molecule has 1 fully saturated rings. The lowest BCUT2D eigenvalue weighted by atomic mass is 10.2. The first-order chi connectivity index (χ1) is 12.0. The number of aryl methyl sites for hydroxylation is 2. The summed E-state index contributed by atoms with van der Waals surface area (Å²) in [6.45, 7) is 7.55. The van der Waals surface area contributed by atoms with Crippen molar-refractivity contribution < 1.29 is 4.79 Å². The van der Waals surface area contributed by atoms with E-state index < -0.39 is 0 Å². The molecule has 3 aromatic rings. The van der Waals surface area contributed by atoms with Crippen molar-refractivity contribution in [3.8, 4) is 5.69 Å². The molecule has 25 heavy (non-hydrogen) atoms. The van der Waals surface area contributed by atoms with E-state index in [1.54, 1.807) is 11.3 Å². The number of thiophene rings is 1. The Morgan fingerprint density at radius 2 is 1.88 bits per heavy atom. The average Bonchev–Trinajstić information content (AvgIpc) is 3.16. The van der Waals surface area contributed by atoms with Gasteiger partial charge in [0.15, 0.2) is 0 Å². The minimum atomic E-state index is 0.143. The van der Waals surface area contributed by atoms with Crippen molar-refractivity contribution in [1.29, 1.82) is 0 Å². The molecule has 0 bridgehead atoms. The van der Waals surface area contributed by atoms with Crippen LogP contribution in [0.25, 0.3) is 15.9 Å². The van der Waals surface area contributed by atoms with Gasteiger partial charge in [-0.15, -0.1) is 11.3 Å². The van der Waals surface area contributed by atoms with Gasteiger partial charge in [-0.05, 0) is 44.7 Å². The van der Waals surface area contributed by atoms with Gasteiger partial charge in [-0.25, -0.2) is 4.68 Å².